The molecule has 0 amide bonds. The van der Waals surface area contributed by atoms with Gasteiger partial charge in [0.2, 0.25) is 0 Å². The molecule has 130 valence electrons. The minimum absolute atomic E-state index is 0.0608. The van der Waals surface area contributed by atoms with E-state index in [1.54, 1.807) is 72.8 Å². The number of rotatable bonds is 6. The largest absolute Gasteiger partial charge is 0.488 e. The van der Waals surface area contributed by atoms with Crippen LogP contribution in [0.15, 0.2) is 78.9 Å². The van der Waals surface area contributed by atoms with Gasteiger partial charge in [-0.25, -0.2) is 9.18 Å². The van der Waals surface area contributed by atoms with E-state index in [9.17, 15) is 14.3 Å². The standard InChI is InChI=1S/C22H17FO3/c23-20-12-6-4-11-18(20)15-26-21-13-7-5-10-17(21)14-19(22(24)25)16-8-2-1-3-9-16/h1-14H,15H2,(H,24,25)/b19-14-. The zero-order valence-electron chi connectivity index (χ0n) is 13.9. The van der Waals surface area contributed by atoms with Gasteiger partial charge in [0.15, 0.2) is 0 Å². The Labute approximate surface area is 151 Å². The molecule has 3 aromatic rings. The fraction of sp³-hybridized carbons (Fsp3) is 0.0455. The highest BCUT2D eigenvalue weighted by Crippen LogP contribution is 2.26. The second-order valence-electron chi connectivity index (χ2n) is 5.65. The summed E-state index contributed by atoms with van der Waals surface area (Å²) in [6, 6.07) is 22.4. The predicted octanol–water partition coefficient (Wildman–Crippen LogP) is 5.03. The number of ether oxygens (including phenoxy) is 1. The molecule has 26 heavy (non-hydrogen) atoms. The monoisotopic (exact) mass is 348 g/mol. The number of benzene rings is 3. The van der Waals surface area contributed by atoms with E-state index >= 15 is 0 Å². The molecule has 0 aromatic heterocycles. The summed E-state index contributed by atoms with van der Waals surface area (Å²) in [7, 11) is 0. The van der Waals surface area contributed by atoms with E-state index in [1.807, 2.05) is 6.07 Å². The quantitative estimate of drug-likeness (QED) is 0.502. The minimum Gasteiger partial charge on any atom is -0.488 e. The summed E-state index contributed by atoms with van der Waals surface area (Å²) in [6.45, 7) is 0.0608. The van der Waals surface area contributed by atoms with Gasteiger partial charge in [-0.1, -0.05) is 66.7 Å². The van der Waals surface area contributed by atoms with E-state index in [0.29, 0.717) is 22.4 Å². The average molecular weight is 348 g/mol. The molecule has 3 aromatic carbocycles. The maximum atomic E-state index is 13.8. The Balaban J connectivity index is 1.91. The predicted molar refractivity (Wildman–Crippen MR) is 99.1 cm³/mol. The number of halogens is 1. The number of hydrogen-bond acceptors (Lipinski definition) is 2. The van der Waals surface area contributed by atoms with Gasteiger partial charge in [0.05, 0.1) is 5.57 Å². The van der Waals surface area contributed by atoms with Crippen molar-refractivity contribution >= 4 is 17.6 Å². The van der Waals surface area contributed by atoms with Crippen LogP contribution >= 0.6 is 0 Å². The van der Waals surface area contributed by atoms with Crippen LogP contribution < -0.4 is 4.74 Å². The first kappa shape index (κ1) is 17.4. The van der Waals surface area contributed by atoms with Gasteiger partial charge >= 0.3 is 5.97 Å². The second kappa shape index (κ2) is 8.12. The molecule has 0 saturated carbocycles. The SMILES string of the molecule is O=C(O)/C(=C\c1ccccc1OCc1ccccc1F)c1ccccc1. The van der Waals surface area contributed by atoms with E-state index in [-0.39, 0.29) is 18.0 Å². The van der Waals surface area contributed by atoms with Crippen LogP contribution in [0.5, 0.6) is 5.75 Å². The lowest BCUT2D eigenvalue weighted by Gasteiger charge is -2.11. The first-order chi connectivity index (χ1) is 12.6. The molecule has 0 atom stereocenters. The Kier molecular flexibility index (Phi) is 5.44. The number of aliphatic carboxylic acids is 1. The molecular formula is C22H17FO3. The van der Waals surface area contributed by atoms with Crippen molar-refractivity contribution < 1.29 is 19.0 Å². The highest BCUT2D eigenvalue weighted by Gasteiger charge is 2.12. The van der Waals surface area contributed by atoms with E-state index in [1.165, 1.54) is 6.07 Å². The first-order valence-corrected chi connectivity index (χ1v) is 8.11. The van der Waals surface area contributed by atoms with Crippen molar-refractivity contribution in [1.82, 2.24) is 0 Å². The van der Waals surface area contributed by atoms with Crippen molar-refractivity contribution in [1.29, 1.82) is 0 Å². The van der Waals surface area contributed by atoms with Crippen molar-refractivity contribution in [3.8, 4) is 5.75 Å². The smallest absolute Gasteiger partial charge is 0.336 e. The fourth-order valence-corrected chi connectivity index (χ4v) is 2.54. The number of para-hydroxylation sites is 1. The van der Waals surface area contributed by atoms with Crippen LogP contribution in [-0.2, 0) is 11.4 Å². The van der Waals surface area contributed by atoms with Crippen LogP contribution in [0.3, 0.4) is 0 Å². The number of carboxylic acid groups (broad SMARTS) is 1. The van der Waals surface area contributed by atoms with Crippen LogP contribution in [0.4, 0.5) is 4.39 Å². The summed E-state index contributed by atoms with van der Waals surface area (Å²) in [5, 5.41) is 9.56. The van der Waals surface area contributed by atoms with Gasteiger partial charge in [0.1, 0.15) is 18.2 Å². The first-order valence-electron chi connectivity index (χ1n) is 8.11. The maximum absolute atomic E-state index is 13.8. The highest BCUT2D eigenvalue weighted by molar-refractivity contribution is 6.20. The van der Waals surface area contributed by atoms with Crippen molar-refractivity contribution in [3.05, 3.63) is 101 Å². The van der Waals surface area contributed by atoms with Crippen molar-refractivity contribution in [2.45, 2.75) is 6.61 Å². The molecule has 0 aliphatic heterocycles. The normalized spacial score (nSPS) is 11.2. The highest BCUT2D eigenvalue weighted by atomic mass is 19.1. The molecule has 4 heteroatoms. The Morgan fingerprint density at radius 1 is 0.923 bits per heavy atom. The molecule has 0 aliphatic rings. The van der Waals surface area contributed by atoms with Gasteiger partial charge in [-0.05, 0) is 23.8 Å². The van der Waals surface area contributed by atoms with Gasteiger partial charge in [-0.3, -0.25) is 0 Å². The zero-order chi connectivity index (χ0) is 18.4. The van der Waals surface area contributed by atoms with E-state index < -0.39 is 5.97 Å². The molecule has 0 fully saturated rings. The molecule has 0 bridgehead atoms. The molecule has 0 heterocycles. The molecule has 0 unspecified atom stereocenters. The van der Waals surface area contributed by atoms with E-state index in [0.717, 1.165) is 0 Å². The summed E-state index contributed by atoms with van der Waals surface area (Å²) in [6.07, 6.45) is 1.56. The maximum Gasteiger partial charge on any atom is 0.336 e. The van der Waals surface area contributed by atoms with Gasteiger partial charge < -0.3 is 9.84 Å². The number of hydrogen-bond donors (Lipinski definition) is 1. The lowest BCUT2D eigenvalue weighted by atomic mass is 10.0. The number of carbonyl (C=O) groups is 1. The lowest BCUT2D eigenvalue weighted by Crippen LogP contribution is -2.01. The third-order valence-corrected chi connectivity index (χ3v) is 3.88. The van der Waals surface area contributed by atoms with Crippen LogP contribution in [0.1, 0.15) is 16.7 Å². The molecule has 0 radical (unpaired) electrons. The average Bonchev–Trinajstić information content (AvgIpc) is 2.66. The van der Waals surface area contributed by atoms with Gasteiger partial charge in [-0.15, -0.1) is 0 Å². The van der Waals surface area contributed by atoms with Crippen LogP contribution in [-0.4, -0.2) is 11.1 Å². The molecule has 3 nitrogen and oxygen atoms in total. The topological polar surface area (TPSA) is 46.5 Å². The summed E-state index contributed by atoms with van der Waals surface area (Å²) in [5.74, 6) is -0.874. The molecule has 0 spiro atoms. The van der Waals surface area contributed by atoms with Gasteiger partial charge in [-0.2, -0.15) is 0 Å². The third-order valence-electron chi connectivity index (χ3n) is 3.88. The van der Waals surface area contributed by atoms with Crippen LogP contribution in [0.2, 0.25) is 0 Å². The summed E-state index contributed by atoms with van der Waals surface area (Å²) >= 11 is 0. The van der Waals surface area contributed by atoms with E-state index in [4.69, 9.17) is 4.74 Å². The van der Waals surface area contributed by atoms with Crippen molar-refractivity contribution in [3.63, 3.8) is 0 Å². The van der Waals surface area contributed by atoms with Gasteiger partial charge in [0, 0.05) is 11.1 Å². The fourth-order valence-electron chi connectivity index (χ4n) is 2.54. The Morgan fingerprint density at radius 3 is 2.31 bits per heavy atom. The Hall–Kier alpha value is -3.40. The van der Waals surface area contributed by atoms with Gasteiger partial charge in [0.25, 0.3) is 0 Å². The summed E-state index contributed by atoms with van der Waals surface area (Å²) in [5.41, 5.74) is 1.81. The lowest BCUT2D eigenvalue weighted by molar-refractivity contribution is -0.130. The summed E-state index contributed by atoms with van der Waals surface area (Å²) < 4.78 is 19.5. The molecule has 1 N–H and O–H groups in total. The minimum atomic E-state index is -1.03. The molecular weight excluding hydrogens is 331 g/mol. The molecule has 0 saturated heterocycles. The second-order valence-corrected chi connectivity index (χ2v) is 5.65. The third kappa shape index (κ3) is 4.16. The molecule has 3 rings (SSSR count). The van der Waals surface area contributed by atoms with Crippen LogP contribution in [0.25, 0.3) is 11.6 Å². The Bertz CT molecular complexity index is 933. The Morgan fingerprint density at radius 2 is 1.58 bits per heavy atom. The summed E-state index contributed by atoms with van der Waals surface area (Å²) in [4.78, 5) is 11.7. The van der Waals surface area contributed by atoms with E-state index in [2.05, 4.69) is 0 Å². The number of carboxylic acids is 1. The zero-order valence-corrected chi connectivity index (χ0v) is 13.9. The van der Waals surface area contributed by atoms with Crippen molar-refractivity contribution in [2.75, 3.05) is 0 Å². The molecule has 0 aliphatic carbocycles. The van der Waals surface area contributed by atoms with Crippen LogP contribution in [0, 0.1) is 5.82 Å². The van der Waals surface area contributed by atoms with Crippen molar-refractivity contribution in [2.24, 2.45) is 0 Å².